The van der Waals surface area contributed by atoms with Gasteiger partial charge in [-0.15, -0.1) is 11.6 Å². The zero-order chi connectivity index (χ0) is 13.0. The minimum absolute atomic E-state index is 0.410. The van der Waals surface area contributed by atoms with Crippen molar-refractivity contribution < 1.29 is 4.74 Å². The third-order valence-electron chi connectivity index (χ3n) is 2.57. The van der Waals surface area contributed by atoms with Crippen molar-refractivity contribution in [2.45, 2.75) is 12.8 Å². The van der Waals surface area contributed by atoms with E-state index in [1.807, 2.05) is 25.1 Å². The maximum atomic E-state index is 8.72. The van der Waals surface area contributed by atoms with Crippen molar-refractivity contribution in [3.8, 4) is 17.6 Å². The standard InChI is InChI=1S/C15H12ClNO/c1-11-2-7-15(13(8-11)9-16)18-14-5-3-12(10-17)4-6-14/h2-8H,9H2,1H3. The third kappa shape index (κ3) is 2.82. The Bertz CT molecular complexity index is 584. The van der Waals surface area contributed by atoms with Gasteiger partial charge >= 0.3 is 0 Å². The number of nitrogens with zero attached hydrogens (tertiary/aromatic N) is 1. The van der Waals surface area contributed by atoms with E-state index >= 15 is 0 Å². The SMILES string of the molecule is Cc1ccc(Oc2ccc(C#N)cc2)c(CCl)c1. The van der Waals surface area contributed by atoms with E-state index in [9.17, 15) is 0 Å². The molecule has 2 aromatic carbocycles. The number of ether oxygens (including phenoxy) is 1. The van der Waals surface area contributed by atoms with E-state index in [4.69, 9.17) is 21.6 Å². The first-order chi connectivity index (χ1) is 8.72. The highest BCUT2D eigenvalue weighted by molar-refractivity contribution is 6.17. The van der Waals surface area contributed by atoms with Crippen LogP contribution >= 0.6 is 11.6 Å². The summed E-state index contributed by atoms with van der Waals surface area (Å²) in [4.78, 5) is 0. The van der Waals surface area contributed by atoms with E-state index in [1.54, 1.807) is 24.3 Å². The van der Waals surface area contributed by atoms with E-state index in [-0.39, 0.29) is 0 Å². The molecule has 0 amide bonds. The number of hydrogen-bond acceptors (Lipinski definition) is 2. The van der Waals surface area contributed by atoms with Gasteiger partial charge in [-0.2, -0.15) is 5.26 Å². The number of halogens is 1. The second-order valence-electron chi connectivity index (χ2n) is 3.98. The second-order valence-corrected chi connectivity index (χ2v) is 4.25. The van der Waals surface area contributed by atoms with Crippen LogP contribution in [-0.4, -0.2) is 0 Å². The first kappa shape index (κ1) is 12.5. The molecule has 3 heteroatoms. The summed E-state index contributed by atoms with van der Waals surface area (Å²) in [6, 6.07) is 15.0. The minimum atomic E-state index is 0.410. The average molecular weight is 258 g/mol. The van der Waals surface area contributed by atoms with Crippen LogP contribution in [0.15, 0.2) is 42.5 Å². The lowest BCUT2D eigenvalue weighted by molar-refractivity contribution is 0.478. The van der Waals surface area contributed by atoms with Gasteiger partial charge in [0.15, 0.2) is 0 Å². The fourth-order valence-corrected chi connectivity index (χ4v) is 1.85. The van der Waals surface area contributed by atoms with Crippen molar-refractivity contribution in [1.29, 1.82) is 5.26 Å². The summed E-state index contributed by atoms with van der Waals surface area (Å²) < 4.78 is 5.76. The largest absolute Gasteiger partial charge is 0.457 e. The predicted molar refractivity (Wildman–Crippen MR) is 72.0 cm³/mol. The molecule has 0 aliphatic heterocycles. The van der Waals surface area contributed by atoms with Crippen LogP contribution in [0.2, 0.25) is 0 Å². The normalized spacial score (nSPS) is 9.83. The van der Waals surface area contributed by atoms with Gasteiger partial charge in [-0.25, -0.2) is 0 Å². The molecule has 0 radical (unpaired) electrons. The molecule has 2 nitrogen and oxygen atoms in total. The molecule has 0 unspecified atom stereocenters. The summed E-state index contributed by atoms with van der Waals surface area (Å²) in [5.41, 5.74) is 2.72. The number of rotatable bonds is 3. The third-order valence-corrected chi connectivity index (χ3v) is 2.86. The van der Waals surface area contributed by atoms with Gasteiger partial charge in [0.05, 0.1) is 17.5 Å². The minimum Gasteiger partial charge on any atom is -0.457 e. The quantitative estimate of drug-likeness (QED) is 0.764. The second kappa shape index (κ2) is 5.57. The summed E-state index contributed by atoms with van der Waals surface area (Å²) in [6.07, 6.45) is 0. The molecule has 0 spiro atoms. The first-order valence-electron chi connectivity index (χ1n) is 5.56. The summed E-state index contributed by atoms with van der Waals surface area (Å²) in [5.74, 6) is 1.86. The fraction of sp³-hybridized carbons (Fsp3) is 0.133. The maximum Gasteiger partial charge on any atom is 0.131 e. The van der Waals surface area contributed by atoms with Crippen LogP contribution in [-0.2, 0) is 5.88 Å². The highest BCUT2D eigenvalue weighted by Gasteiger charge is 2.04. The van der Waals surface area contributed by atoms with E-state index < -0.39 is 0 Å². The highest BCUT2D eigenvalue weighted by Crippen LogP contribution is 2.27. The van der Waals surface area contributed by atoms with Crippen molar-refractivity contribution in [3.05, 3.63) is 59.2 Å². The number of hydrogen-bond donors (Lipinski definition) is 0. The molecule has 0 bridgehead atoms. The van der Waals surface area contributed by atoms with Crippen molar-refractivity contribution in [3.63, 3.8) is 0 Å². The Morgan fingerprint density at radius 2 is 1.89 bits per heavy atom. The van der Waals surface area contributed by atoms with E-state index in [2.05, 4.69) is 6.07 Å². The van der Waals surface area contributed by atoms with Crippen LogP contribution < -0.4 is 4.74 Å². The Labute approximate surface area is 111 Å². The molecule has 2 rings (SSSR count). The molecule has 18 heavy (non-hydrogen) atoms. The maximum absolute atomic E-state index is 8.72. The molecule has 2 aromatic rings. The summed E-state index contributed by atoms with van der Waals surface area (Å²) >= 11 is 5.89. The van der Waals surface area contributed by atoms with Gasteiger partial charge in [-0.05, 0) is 37.3 Å². The summed E-state index contributed by atoms with van der Waals surface area (Å²) in [6.45, 7) is 2.02. The van der Waals surface area contributed by atoms with Crippen LogP contribution in [0.3, 0.4) is 0 Å². The Hall–Kier alpha value is -1.98. The molecule has 0 heterocycles. The van der Waals surface area contributed by atoms with Gasteiger partial charge in [0.2, 0.25) is 0 Å². The molecular weight excluding hydrogens is 246 g/mol. The van der Waals surface area contributed by atoms with Gasteiger partial charge < -0.3 is 4.74 Å². The topological polar surface area (TPSA) is 33.0 Å². The molecule has 0 saturated carbocycles. The highest BCUT2D eigenvalue weighted by atomic mass is 35.5. The number of aryl methyl sites for hydroxylation is 1. The molecular formula is C15H12ClNO. The monoisotopic (exact) mass is 257 g/mol. The zero-order valence-electron chi connectivity index (χ0n) is 9.98. The Morgan fingerprint density at radius 3 is 2.50 bits per heavy atom. The molecule has 0 N–H and O–H groups in total. The van der Waals surface area contributed by atoms with Crippen LogP contribution in [0.25, 0.3) is 0 Å². The van der Waals surface area contributed by atoms with E-state index in [1.165, 1.54) is 0 Å². The number of nitriles is 1. The van der Waals surface area contributed by atoms with E-state index in [0.29, 0.717) is 17.2 Å². The van der Waals surface area contributed by atoms with Crippen LogP contribution in [0.4, 0.5) is 0 Å². The van der Waals surface area contributed by atoms with E-state index in [0.717, 1.165) is 16.9 Å². The van der Waals surface area contributed by atoms with Gasteiger partial charge in [-0.1, -0.05) is 17.7 Å². The lowest BCUT2D eigenvalue weighted by Gasteiger charge is -2.10. The number of alkyl halides is 1. The molecule has 0 atom stereocenters. The zero-order valence-corrected chi connectivity index (χ0v) is 10.7. The van der Waals surface area contributed by atoms with Crippen molar-refractivity contribution in [2.24, 2.45) is 0 Å². The molecule has 0 saturated heterocycles. The fourth-order valence-electron chi connectivity index (χ4n) is 1.64. The molecule has 0 fully saturated rings. The van der Waals surface area contributed by atoms with Crippen LogP contribution in [0, 0.1) is 18.3 Å². The molecule has 0 aliphatic carbocycles. The Balaban J connectivity index is 2.25. The van der Waals surface area contributed by atoms with Crippen LogP contribution in [0.1, 0.15) is 16.7 Å². The first-order valence-corrected chi connectivity index (χ1v) is 6.10. The van der Waals surface area contributed by atoms with Gasteiger partial charge in [0.1, 0.15) is 11.5 Å². The van der Waals surface area contributed by atoms with Crippen LogP contribution in [0.5, 0.6) is 11.5 Å². The van der Waals surface area contributed by atoms with Crippen molar-refractivity contribution >= 4 is 11.6 Å². The summed E-state index contributed by atoms with van der Waals surface area (Å²) in [5, 5.41) is 8.72. The van der Waals surface area contributed by atoms with Gasteiger partial charge in [0, 0.05) is 5.56 Å². The molecule has 0 aliphatic rings. The lowest BCUT2D eigenvalue weighted by Crippen LogP contribution is -1.90. The van der Waals surface area contributed by atoms with Gasteiger partial charge in [0.25, 0.3) is 0 Å². The lowest BCUT2D eigenvalue weighted by atomic mass is 10.1. The molecule has 0 aromatic heterocycles. The average Bonchev–Trinajstić information content (AvgIpc) is 2.41. The van der Waals surface area contributed by atoms with Crippen molar-refractivity contribution in [2.75, 3.05) is 0 Å². The molecule has 90 valence electrons. The number of benzene rings is 2. The van der Waals surface area contributed by atoms with Crippen molar-refractivity contribution in [1.82, 2.24) is 0 Å². The van der Waals surface area contributed by atoms with Gasteiger partial charge in [-0.3, -0.25) is 0 Å². The Kier molecular flexibility index (Phi) is 3.86. The predicted octanol–water partition coefficient (Wildman–Crippen LogP) is 4.40. The smallest absolute Gasteiger partial charge is 0.131 e. The Morgan fingerprint density at radius 1 is 1.17 bits per heavy atom. The summed E-state index contributed by atoms with van der Waals surface area (Å²) in [7, 11) is 0.